The summed E-state index contributed by atoms with van der Waals surface area (Å²) >= 11 is 9.48. The van der Waals surface area contributed by atoms with E-state index in [0.29, 0.717) is 31.9 Å². The third kappa shape index (κ3) is 6.06. The van der Waals surface area contributed by atoms with Crippen molar-refractivity contribution in [3.05, 3.63) is 51.7 Å². The van der Waals surface area contributed by atoms with E-state index in [-0.39, 0.29) is 11.3 Å². The van der Waals surface area contributed by atoms with Crippen molar-refractivity contribution in [1.29, 1.82) is 0 Å². The van der Waals surface area contributed by atoms with Gasteiger partial charge in [0, 0.05) is 27.4 Å². The molecule has 2 aromatic carbocycles. The highest BCUT2D eigenvalue weighted by atomic mass is 79.9. The van der Waals surface area contributed by atoms with Crippen LogP contribution in [-0.4, -0.2) is 87.5 Å². The second-order valence-corrected chi connectivity index (χ2v) is 11.5. The van der Waals surface area contributed by atoms with E-state index in [2.05, 4.69) is 31.2 Å². The normalized spacial score (nSPS) is 16.2. The van der Waals surface area contributed by atoms with E-state index in [9.17, 15) is 28.8 Å². The first kappa shape index (κ1) is 28.5. The molecule has 0 fully saturated rings. The Balaban J connectivity index is 2.08. The van der Waals surface area contributed by atoms with Gasteiger partial charge >= 0.3 is 0 Å². The molecule has 0 bridgehead atoms. The van der Waals surface area contributed by atoms with Crippen LogP contribution in [0.3, 0.4) is 0 Å². The number of fused-ring (bicyclic) bond motifs is 1. The molecule has 0 spiro atoms. The lowest BCUT2D eigenvalue weighted by atomic mass is 9.96. The number of nitrogens with one attached hydrogen (secondary N) is 1. The number of benzene rings is 2. The van der Waals surface area contributed by atoms with E-state index in [4.69, 9.17) is 21.4 Å². The third-order valence-electron chi connectivity index (χ3n) is 5.56. The summed E-state index contributed by atoms with van der Waals surface area (Å²) in [6.07, 6.45) is -5.88. The minimum absolute atomic E-state index is 0.0403. The Morgan fingerprint density at radius 3 is 2.39 bits per heavy atom. The molecule has 1 heterocycles. The lowest BCUT2D eigenvalue weighted by Gasteiger charge is -2.31. The maximum Gasteiger partial charge on any atom is 0.155 e. The van der Waals surface area contributed by atoms with Gasteiger partial charge in [-0.15, -0.1) is 0 Å². The summed E-state index contributed by atoms with van der Waals surface area (Å²) in [6, 6.07) is 8.06. The first-order chi connectivity index (χ1) is 16.9. The zero-order valence-corrected chi connectivity index (χ0v) is 22.2. The third-order valence-corrected chi connectivity index (χ3v) is 8.32. The zero-order valence-electron chi connectivity index (χ0n) is 19.1. The molecule has 0 radical (unpaired) electrons. The summed E-state index contributed by atoms with van der Waals surface area (Å²) in [5.74, 6) is 0.429. The fraction of sp³-hybridized carbons (Fsp3) is 0.364. The van der Waals surface area contributed by atoms with Gasteiger partial charge in [-0.2, -0.15) is 0 Å². The fourth-order valence-corrected chi connectivity index (χ4v) is 5.41. The van der Waals surface area contributed by atoms with Crippen LogP contribution in [0, 0.1) is 0 Å². The molecule has 11 nitrogen and oxygen atoms in total. The van der Waals surface area contributed by atoms with Crippen molar-refractivity contribution in [3.63, 3.8) is 0 Å². The van der Waals surface area contributed by atoms with E-state index in [1.807, 2.05) is 0 Å². The Morgan fingerprint density at radius 1 is 1.11 bits per heavy atom. The predicted octanol–water partition coefficient (Wildman–Crippen LogP) is 1.32. The smallest absolute Gasteiger partial charge is 0.155 e. The molecule has 36 heavy (non-hydrogen) atoms. The number of nitrogens with zero attached hydrogens (tertiary/aromatic N) is 2. The molecule has 1 aromatic heterocycles. The van der Waals surface area contributed by atoms with E-state index in [1.54, 1.807) is 18.2 Å². The molecular formula is C22H25BrClN3O8S. The van der Waals surface area contributed by atoms with Crippen LogP contribution in [0.2, 0.25) is 5.02 Å². The summed E-state index contributed by atoms with van der Waals surface area (Å²) in [5, 5.41) is 52.6. The maximum atomic E-state index is 12.5. The topological polar surface area (TPSA) is 182 Å². The molecule has 3 rings (SSSR count). The molecule has 3 aromatic rings. The highest BCUT2D eigenvalue weighted by Crippen LogP contribution is 2.37. The number of rotatable bonds is 10. The van der Waals surface area contributed by atoms with Gasteiger partial charge in [-0.05, 0) is 46.3 Å². The monoisotopic (exact) mass is 605 g/mol. The summed E-state index contributed by atoms with van der Waals surface area (Å²) in [7, 11) is -2.90. The van der Waals surface area contributed by atoms with E-state index >= 15 is 0 Å². The molecular weight excluding hydrogens is 582 g/mol. The Bertz CT molecular complexity index is 1350. The van der Waals surface area contributed by atoms with Crippen molar-refractivity contribution in [2.24, 2.45) is 0 Å². The van der Waals surface area contributed by atoms with Gasteiger partial charge in [0.05, 0.1) is 24.3 Å². The van der Waals surface area contributed by atoms with Gasteiger partial charge in [-0.3, -0.25) is 0 Å². The molecule has 196 valence electrons. The number of halogens is 2. The van der Waals surface area contributed by atoms with Crippen LogP contribution >= 0.6 is 27.5 Å². The first-order valence-electron chi connectivity index (χ1n) is 10.5. The number of aliphatic hydroxyl groups excluding tert-OH is 5. The van der Waals surface area contributed by atoms with Gasteiger partial charge in [0.2, 0.25) is 0 Å². The van der Waals surface area contributed by atoms with Gasteiger partial charge in [0.1, 0.15) is 47.6 Å². The zero-order chi connectivity index (χ0) is 26.8. The molecule has 0 amide bonds. The van der Waals surface area contributed by atoms with Gasteiger partial charge in [0.15, 0.2) is 9.84 Å². The Hall–Kier alpha value is -2.10. The quantitative estimate of drug-likeness (QED) is 0.196. The van der Waals surface area contributed by atoms with Crippen LogP contribution in [-0.2, 0) is 9.84 Å². The summed E-state index contributed by atoms with van der Waals surface area (Å²) in [6.45, 7) is -0.930. The Kier molecular flexibility index (Phi) is 9.11. The SMILES string of the molecule is COc1cc2c(Nc3ccc(Br)c(Cl)c3)ncnc2cc1C(O)[C@H]([C@H](O)[C@@H](O)[C@H](O)CO)S(C)(=O)=O. The molecule has 6 N–H and O–H groups in total. The van der Waals surface area contributed by atoms with E-state index < -0.39 is 46.1 Å². The van der Waals surface area contributed by atoms with Gasteiger partial charge < -0.3 is 35.6 Å². The lowest BCUT2D eigenvalue weighted by molar-refractivity contribution is -0.0861. The van der Waals surface area contributed by atoms with Crippen LogP contribution in [0.4, 0.5) is 11.5 Å². The van der Waals surface area contributed by atoms with Crippen LogP contribution in [0.15, 0.2) is 41.1 Å². The van der Waals surface area contributed by atoms with Crippen LogP contribution < -0.4 is 10.1 Å². The average molecular weight is 607 g/mol. The van der Waals surface area contributed by atoms with Crippen molar-refractivity contribution in [2.75, 3.05) is 25.3 Å². The van der Waals surface area contributed by atoms with E-state index in [0.717, 1.165) is 6.26 Å². The number of methoxy groups -OCH3 is 1. The average Bonchev–Trinajstić information content (AvgIpc) is 2.83. The highest BCUT2D eigenvalue weighted by molar-refractivity contribution is 9.10. The second kappa shape index (κ2) is 11.5. The van der Waals surface area contributed by atoms with Gasteiger partial charge in [0.25, 0.3) is 0 Å². The van der Waals surface area contributed by atoms with Crippen molar-refractivity contribution >= 4 is 59.8 Å². The van der Waals surface area contributed by atoms with Crippen molar-refractivity contribution in [3.8, 4) is 5.75 Å². The number of anilines is 2. The predicted molar refractivity (Wildman–Crippen MR) is 137 cm³/mol. The molecule has 1 unspecified atom stereocenters. The van der Waals surface area contributed by atoms with Crippen LogP contribution in [0.1, 0.15) is 11.7 Å². The van der Waals surface area contributed by atoms with Gasteiger partial charge in [-0.25, -0.2) is 18.4 Å². The number of aliphatic hydroxyl groups is 5. The van der Waals surface area contributed by atoms with Gasteiger partial charge in [-0.1, -0.05) is 11.6 Å². The minimum Gasteiger partial charge on any atom is -0.496 e. The first-order valence-corrected chi connectivity index (χ1v) is 13.6. The van der Waals surface area contributed by atoms with Crippen molar-refractivity contribution in [2.45, 2.75) is 29.7 Å². The maximum absolute atomic E-state index is 12.5. The lowest BCUT2D eigenvalue weighted by Crippen LogP contribution is -2.50. The number of sulfone groups is 1. The molecule has 0 aliphatic carbocycles. The van der Waals surface area contributed by atoms with Crippen LogP contribution in [0.25, 0.3) is 10.9 Å². The number of ether oxygens (including phenoxy) is 1. The van der Waals surface area contributed by atoms with Crippen molar-refractivity contribution in [1.82, 2.24) is 9.97 Å². The molecule has 14 heteroatoms. The Labute approximate surface area is 220 Å². The molecule has 0 aliphatic heterocycles. The molecule has 0 saturated heterocycles. The fourth-order valence-electron chi connectivity index (χ4n) is 3.70. The standard InChI is InChI=1S/C22H25BrClN3O8S/c1-35-17-7-11-15(25-9-26-22(11)27-10-3-4-13(23)14(24)5-10)6-12(17)18(30)21(36(2,33)34)20(32)19(31)16(29)8-28/h3-7,9,16,18-21,28-32H,8H2,1-2H3,(H,25,26,27)/t16-,18?,19+,20-,21-/m1/s1. The largest absolute Gasteiger partial charge is 0.496 e. The summed E-state index contributed by atoms with van der Waals surface area (Å²) in [5.41, 5.74) is 0.896. The number of hydrogen-bond donors (Lipinski definition) is 6. The second-order valence-electron chi connectivity index (χ2n) is 8.06. The van der Waals surface area contributed by atoms with Crippen LogP contribution in [0.5, 0.6) is 5.75 Å². The molecule has 0 saturated carbocycles. The minimum atomic E-state index is -4.20. The summed E-state index contributed by atoms with van der Waals surface area (Å²) < 4.78 is 31.1. The molecule has 0 aliphatic rings. The highest BCUT2D eigenvalue weighted by Gasteiger charge is 2.43. The number of aromatic nitrogens is 2. The number of hydrogen-bond acceptors (Lipinski definition) is 11. The molecule has 5 atom stereocenters. The summed E-state index contributed by atoms with van der Waals surface area (Å²) in [4.78, 5) is 8.43. The van der Waals surface area contributed by atoms with E-state index in [1.165, 1.54) is 25.6 Å². The Morgan fingerprint density at radius 2 is 1.81 bits per heavy atom. The van der Waals surface area contributed by atoms with Crippen molar-refractivity contribution < 1.29 is 38.7 Å².